The molecule has 0 fully saturated rings. The molecule has 2 aliphatic rings. The van der Waals surface area contributed by atoms with Crippen molar-refractivity contribution in [3.63, 3.8) is 0 Å². The van der Waals surface area contributed by atoms with Crippen molar-refractivity contribution in [2.75, 3.05) is 0 Å². The van der Waals surface area contributed by atoms with Crippen LogP contribution in [0.1, 0.15) is 27.2 Å². The highest BCUT2D eigenvalue weighted by molar-refractivity contribution is 5.40. The van der Waals surface area contributed by atoms with Gasteiger partial charge in [0.05, 0.1) is 0 Å². The predicted molar refractivity (Wildman–Crippen MR) is 57.4 cm³/mol. The Morgan fingerprint density at radius 2 is 2.08 bits per heavy atom. The quantitative estimate of drug-likeness (QED) is 0.491. The molecule has 0 aromatic rings. The molecule has 0 spiro atoms. The molecule has 0 aliphatic heterocycles. The maximum atomic E-state index is 4.14. The van der Waals surface area contributed by atoms with E-state index in [4.69, 9.17) is 0 Å². The van der Waals surface area contributed by atoms with Crippen LogP contribution >= 0.6 is 0 Å². The largest absolute Gasteiger partial charge is 0.0949 e. The summed E-state index contributed by atoms with van der Waals surface area (Å²) in [6, 6.07) is 0. The second-order valence-corrected chi connectivity index (χ2v) is 5.24. The maximum absolute atomic E-state index is 4.14. The SMILES string of the molecule is C=C1C=C[C@@H]2C(C)(C)CC=C[C@@]12C. The first-order valence-corrected chi connectivity index (χ1v) is 5.02. The molecule has 13 heavy (non-hydrogen) atoms. The third-order valence-electron chi connectivity index (χ3n) is 3.78. The minimum Gasteiger partial charge on any atom is -0.0949 e. The molecule has 0 saturated heterocycles. The Kier molecular flexibility index (Phi) is 1.61. The van der Waals surface area contributed by atoms with Gasteiger partial charge in [0.15, 0.2) is 0 Å². The van der Waals surface area contributed by atoms with Crippen LogP contribution in [-0.2, 0) is 0 Å². The van der Waals surface area contributed by atoms with E-state index in [0.717, 1.165) is 0 Å². The van der Waals surface area contributed by atoms with Crippen molar-refractivity contribution in [2.45, 2.75) is 27.2 Å². The van der Waals surface area contributed by atoms with Crippen LogP contribution in [0.25, 0.3) is 0 Å². The fraction of sp³-hybridized carbons (Fsp3) is 0.538. The van der Waals surface area contributed by atoms with E-state index < -0.39 is 0 Å². The first-order valence-electron chi connectivity index (χ1n) is 5.02. The maximum Gasteiger partial charge on any atom is 0.0166 e. The van der Waals surface area contributed by atoms with E-state index in [0.29, 0.717) is 11.3 Å². The topological polar surface area (TPSA) is 0 Å². The van der Waals surface area contributed by atoms with Gasteiger partial charge in [-0.1, -0.05) is 51.7 Å². The fourth-order valence-electron chi connectivity index (χ4n) is 2.81. The molecule has 0 nitrogen and oxygen atoms in total. The molecule has 0 radical (unpaired) electrons. The molecule has 0 saturated carbocycles. The highest BCUT2D eigenvalue weighted by atomic mass is 14.5. The van der Waals surface area contributed by atoms with Gasteiger partial charge in [0.1, 0.15) is 0 Å². The van der Waals surface area contributed by atoms with Crippen molar-refractivity contribution in [1.82, 2.24) is 0 Å². The average Bonchev–Trinajstić information content (AvgIpc) is 2.29. The zero-order chi connectivity index (χ0) is 9.69. The van der Waals surface area contributed by atoms with Crippen molar-refractivity contribution >= 4 is 0 Å². The van der Waals surface area contributed by atoms with E-state index in [-0.39, 0.29) is 5.41 Å². The minimum atomic E-state index is 0.196. The summed E-state index contributed by atoms with van der Waals surface area (Å²) in [5.74, 6) is 0.637. The lowest BCUT2D eigenvalue weighted by molar-refractivity contribution is 0.165. The lowest BCUT2D eigenvalue weighted by atomic mass is 9.60. The molecular formula is C13H18. The zero-order valence-corrected chi connectivity index (χ0v) is 8.80. The van der Waals surface area contributed by atoms with Crippen LogP contribution in [0.15, 0.2) is 36.5 Å². The van der Waals surface area contributed by atoms with Gasteiger partial charge in [-0.3, -0.25) is 0 Å². The molecule has 2 atom stereocenters. The molecule has 70 valence electrons. The lowest BCUT2D eigenvalue weighted by Gasteiger charge is -2.43. The summed E-state index contributed by atoms with van der Waals surface area (Å²) in [5, 5.41) is 0. The van der Waals surface area contributed by atoms with Gasteiger partial charge >= 0.3 is 0 Å². The Balaban J connectivity index is 2.49. The van der Waals surface area contributed by atoms with Crippen LogP contribution in [0.4, 0.5) is 0 Å². The third-order valence-corrected chi connectivity index (χ3v) is 3.78. The second-order valence-electron chi connectivity index (χ2n) is 5.24. The summed E-state index contributed by atoms with van der Waals surface area (Å²) in [7, 11) is 0. The van der Waals surface area contributed by atoms with Crippen LogP contribution in [0.5, 0.6) is 0 Å². The highest BCUT2D eigenvalue weighted by Gasteiger charge is 2.46. The van der Waals surface area contributed by atoms with Crippen LogP contribution < -0.4 is 0 Å². The molecule has 0 heterocycles. The van der Waals surface area contributed by atoms with Gasteiger partial charge in [0.25, 0.3) is 0 Å². The van der Waals surface area contributed by atoms with Gasteiger partial charge in [0.2, 0.25) is 0 Å². The van der Waals surface area contributed by atoms with Crippen LogP contribution in [0.2, 0.25) is 0 Å². The van der Waals surface area contributed by atoms with E-state index in [2.05, 4.69) is 51.7 Å². The number of fused-ring (bicyclic) bond motifs is 1. The van der Waals surface area contributed by atoms with Crippen molar-refractivity contribution in [2.24, 2.45) is 16.7 Å². The van der Waals surface area contributed by atoms with Crippen LogP contribution in [-0.4, -0.2) is 0 Å². The third kappa shape index (κ3) is 1.04. The van der Waals surface area contributed by atoms with Crippen molar-refractivity contribution < 1.29 is 0 Å². The molecule has 0 unspecified atom stereocenters. The smallest absolute Gasteiger partial charge is 0.0166 e. The lowest BCUT2D eigenvalue weighted by Crippen LogP contribution is -2.36. The van der Waals surface area contributed by atoms with Crippen molar-refractivity contribution in [3.8, 4) is 0 Å². The van der Waals surface area contributed by atoms with Gasteiger partial charge in [-0.2, -0.15) is 0 Å². The van der Waals surface area contributed by atoms with E-state index >= 15 is 0 Å². The monoisotopic (exact) mass is 174 g/mol. The van der Waals surface area contributed by atoms with Gasteiger partial charge in [-0.15, -0.1) is 0 Å². The first kappa shape index (κ1) is 8.80. The van der Waals surface area contributed by atoms with Gasteiger partial charge in [0, 0.05) is 5.41 Å². The summed E-state index contributed by atoms with van der Waals surface area (Å²) >= 11 is 0. The van der Waals surface area contributed by atoms with E-state index in [9.17, 15) is 0 Å². The molecular weight excluding hydrogens is 156 g/mol. The van der Waals surface area contributed by atoms with Gasteiger partial charge in [-0.25, -0.2) is 0 Å². The molecule has 2 aliphatic carbocycles. The summed E-state index contributed by atoms with van der Waals surface area (Å²) < 4.78 is 0. The molecule has 2 rings (SSSR count). The molecule has 0 aromatic carbocycles. The number of allylic oxidation sites excluding steroid dienone is 5. The number of hydrogen-bond acceptors (Lipinski definition) is 0. The molecule has 0 aromatic heterocycles. The van der Waals surface area contributed by atoms with Gasteiger partial charge in [-0.05, 0) is 23.3 Å². The standard InChI is InChI=1S/C13H18/c1-10-6-7-11-12(2,3)8-5-9-13(10,11)4/h5-7,9,11H,1,8H2,2-4H3/t11-,13+/m1/s1. The molecule has 0 heteroatoms. The van der Waals surface area contributed by atoms with Crippen molar-refractivity contribution in [1.29, 1.82) is 0 Å². The summed E-state index contributed by atoms with van der Waals surface area (Å²) in [5.41, 5.74) is 1.85. The Morgan fingerprint density at radius 1 is 1.38 bits per heavy atom. The zero-order valence-electron chi connectivity index (χ0n) is 8.80. The Hall–Kier alpha value is -0.780. The normalized spacial score (nSPS) is 40.8. The van der Waals surface area contributed by atoms with E-state index in [1.165, 1.54) is 12.0 Å². The highest BCUT2D eigenvalue weighted by Crippen LogP contribution is 2.55. The van der Waals surface area contributed by atoms with E-state index in [1.54, 1.807) is 0 Å². The number of rotatable bonds is 0. The average molecular weight is 174 g/mol. The number of hydrogen-bond donors (Lipinski definition) is 0. The summed E-state index contributed by atoms with van der Waals surface area (Å²) in [6.45, 7) is 11.1. The van der Waals surface area contributed by atoms with Crippen LogP contribution in [0.3, 0.4) is 0 Å². The van der Waals surface area contributed by atoms with E-state index in [1.807, 2.05) is 0 Å². The fourth-order valence-corrected chi connectivity index (χ4v) is 2.81. The molecule has 0 N–H and O–H groups in total. The summed E-state index contributed by atoms with van der Waals surface area (Å²) in [6.07, 6.45) is 10.4. The second kappa shape index (κ2) is 2.37. The van der Waals surface area contributed by atoms with Crippen LogP contribution in [0, 0.1) is 16.7 Å². The Morgan fingerprint density at radius 3 is 2.69 bits per heavy atom. The Labute approximate surface area is 81.0 Å². The first-order chi connectivity index (χ1) is 5.97. The molecule has 0 bridgehead atoms. The predicted octanol–water partition coefficient (Wildman–Crippen LogP) is 3.72. The summed E-state index contributed by atoms with van der Waals surface area (Å²) in [4.78, 5) is 0. The molecule has 0 amide bonds. The van der Waals surface area contributed by atoms with Gasteiger partial charge < -0.3 is 0 Å². The Bertz CT molecular complexity index is 304. The minimum absolute atomic E-state index is 0.196. The van der Waals surface area contributed by atoms with Crippen molar-refractivity contribution in [3.05, 3.63) is 36.5 Å².